The van der Waals surface area contributed by atoms with E-state index in [1.165, 1.54) is 11.6 Å². The van der Waals surface area contributed by atoms with Crippen molar-refractivity contribution < 1.29 is 4.74 Å². The lowest BCUT2D eigenvalue weighted by molar-refractivity contribution is 0.340. The zero-order valence-electron chi connectivity index (χ0n) is 17.6. The van der Waals surface area contributed by atoms with Crippen molar-refractivity contribution >= 4 is 17.6 Å². The van der Waals surface area contributed by atoms with Gasteiger partial charge in [0.15, 0.2) is 6.17 Å². The van der Waals surface area contributed by atoms with E-state index in [-0.39, 0.29) is 5.56 Å². The molecular formula is C23H25N5O2. The number of hydrogen-bond acceptors (Lipinski definition) is 6. The molecule has 30 heavy (non-hydrogen) atoms. The number of guanidine groups is 1. The predicted molar refractivity (Wildman–Crippen MR) is 120 cm³/mol. The molecule has 0 unspecified atom stereocenters. The van der Waals surface area contributed by atoms with Crippen molar-refractivity contribution in [3.63, 3.8) is 0 Å². The van der Waals surface area contributed by atoms with Gasteiger partial charge in [0, 0.05) is 17.4 Å². The van der Waals surface area contributed by atoms with Crippen LogP contribution in [0.1, 0.15) is 35.5 Å². The fourth-order valence-corrected chi connectivity index (χ4v) is 3.45. The average molecular weight is 403 g/mol. The SMILES string of the molecule is CCOc1ccc([C@H]2N=C(Nc3cccc(C)c3C)Nc3nc(C)cc(=O)n32)cc1. The van der Waals surface area contributed by atoms with Gasteiger partial charge in [-0.05, 0) is 62.6 Å². The molecule has 1 aliphatic rings. The van der Waals surface area contributed by atoms with Crippen molar-refractivity contribution in [1.82, 2.24) is 9.55 Å². The van der Waals surface area contributed by atoms with E-state index in [0.29, 0.717) is 24.2 Å². The number of fused-ring (bicyclic) bond motifs is 1. The Morgan fingerprint density at radius 2 is 1.90 bits per heavy atom. The normalized spacial score (nSPS) is 15.1. The van der Waals surface area contributed by atoms with Gasteiger partial charge in [-0.3, -0.25) is 14.7 Å². The second kappa shape index (κ2) is 8.02. The second-order valence-corrected chi connectivity index (χ2v) is 7.28. The maximum absolute atomic E-state index is 12.8. The lowest BCUT2D eigenvalue weighted by atomic mass is 10.1. The maximum atomic E-state index is 12.8. The summed E-state index contributed by atoms with van der Waals surface area (Å²) in [6.07, 6.45) is -0.537. The minimum atomic E-state index is -0.537. The van der Waals surface area contributed by atoms with Gasteiger partial charge >= 0.3 is 0 Å². The highest BCUT2D eigenvalue weighted by molar-refractivity contribution is 6.04. The molecule has 0 bridgehead atoms. The largest absolute Gasteiger partial charge is 0.494 e. The molecule has 7 heteroatoms. The van der Waals surface area contributed by atoms with Crippen LogP contribution in [0.2, 0.25) is 0 Å². The van der Waals surface area contributed by atoms with Gasteiger partial charge in [0.2, 0.25) is 11.9 Å². The number of aromatic nitrogens is 2. The maximum Gasteiger partial charge on any atom is 0.257 e. The van der Waals surface area contributed by atoms with E-state index in [0.717, 1.165) is 22.6 Å². The average Bonchev–Trinajstić information content (AvgIpc) is 2.71. The van der Waals surface area contributed by atoms with E-state index in [4.69, 9.17) is 9.73 Å². The van der Waals surface area contributed by atoms with Gasteiger partial charge in [-0.2, -0.15) is 0 Å². The third-order valence-electron chi connectivity index (χ3n) is 5.15. The van der Waals surface area contributed by atoms with E-state index in [1.54, 1.807) is 11.5 Å². The van der Waals surface area contributed by atoms with Crippen LogP contribution in [0.5, 0.6) is 5.75 Å². The molecule has 1 aliphatic heterocycles. The highest BCUT2D eigenvalue weighted by Gasteiger charge is 2.25. The number of anilines is 2. The summed E-state index contributed by atoms with van der Waals surface area (Å²) in [4.78, 5) is 22.1. The Morgan fingerprint density at radius 1 is 1.13 bits per heavy atom. The van der Waals surface area contributed by atoms with Crippen LogP contribution in [-0.2, 0) is 0 Å². The first kappa shape index (κ1) is 19.7. The standard InChI is InChI=1S/C23H25N5O2/c1-5-30-18-11-9-17(10-12-18)21-26-22(25-19-8-6-7-14(2)16(19)4)27-23-24-15(3)13-20(29)28(21)23/h6-13,21H,5H2,1-4H3,(H2,24,25,26,27)/t21-/m0/s1. The quantitative estimate of drug-likeness (QED) is 0.688. The van der Waals surface area contributed by atoms with Crippen LogP contribution in [-0.4, -0.2) is 22.1 Å². The van der Waals surface area contributed by atoms with Gasteiger partial charge in [0.1, 0.15) is 5.75 Å². The van der Waals surface area contributed by atoms with Crippen molar-refractivity contribution in [3.05, 3.63) is 81.3 Å². The number of hydrogen-bond donors (Lipinski definition) is 2. The molecule has 1 aromatic heterocycles. The summed E-state index contributed by atoms with van der Waals surface area (Å²) in [6, 6.07) is 15.2. The van der Waals surface area contributed by atoms with Crippen molar-refractivity contribution in [2.75, 3.05) is 17.2 Å². The number of benzene rings is 2. The lowest BCUT2D eigenvalue weighted by Gasteiger charge is -2.27. The summed E-state index contributed by atoms with van der Waals surface area (Å²) < 4.78 is 7.11. The zero-order valence-corrected chi connectivity index (χ0v) is 17.6. The van der Waals surface area contributed by atoms with Crippen molar-refractivity contribution in [3.8, 4) is 5.75 Å². The minimum Gasteiger partial charge on any atom is -0.494 e. The molecule has 0 spiro atoms. The molecule has 2 N–H and O–H groups in total. The fraction of sp³-hybridized carbons (Fsp3) is 0.261. The molecule has 0 saturated carbocycles. The highest BCUT2D eigenvalue weighted by Crippen LogP contribution is 2.28. The Hall–Kier alpha value is -3.61. The number of nitrogens with one attached hydrogen (secondary N) is 2. The molecule has 1 atom stereocenters. The molecule has 0 fully saturated rings. The van der Waals surface area contributed by atoms with Gasteiger partial charge in [-0.25, -0.2) is 9.98 Å². The molecule has 2 aromatic carbocycles. The van der Waals surface area contributed by atoms with Gasteiger partial charge < -0.3 is 10.1 Å². The Balaban J connectivity index is 1.77. The number of rotatable bonds is 4. The summed E-state index contributed by atoms with van der Waals surface area (Å²) in [7, 11) is 0. The third kappa shape index (κ3) is 3.78. The van der Waals surface area contributed by atoms with Crippen LogP contribution >= 0.6 is 0 Å². The molecule has 2 heterocycles. The van der Waals surface area contributed by atoms with E-state index in [1.807, 2.05) is 43.3 Å². The second-order valence-electron chi connectivity index (χ2n) is 7.28. The summed E-state index contributed by atoms with van der Waals surface area (Å²) in [5.74, 6) is 1.78. The van der Waals surface area contributed by atoms with Gasteiger partial charge in [0.25, 0.3) is 5.56 Å². The molecule has 0 radical (unpaired) electrons. The lowest BCUT2D eigenvalue weighted by Crippen LogP contribution is -2.37. The first-order valence-electron chi connectivity index (χ1n) is 9.97. The number of nitrogens with zero attached hydrogens (tertiary/aromatic N) is 3. The Labute approximate surface area is 175 Å². The first-order valence-corrected chi connectivity index (χ1v) is 9.97. The van der Waals surface area contributed by atoms with Crippen molar-refractivity contribution in [2.45, 2.75) is 33.9 Å². The Kier molecular flexibility index (Phi) is 5.27. The molecule has 4 rings (SSSR count). The Bertz CT molecular complexity index is 1170. The smallest absolute Gasteiger partial charge is 0.257 e. The molecule has 0 amide bonds. The molecule has 3 aromatic rings. The summed E-state index contributed by atoms with van der Waals surface area (Å²) in [5, 5.41) is 6.53. The van der Waals surface area contributed by atoms with E-state index in [9.17, 15) is 4.79 Å². The van der Waals surface area contributed by atoms with Crippen LogP contribution in [0.25, 0.3) is 0 Å². The minimum absolute atomic E-state index is 0.154. The Morgan fingerprint density at radius 3 is 2.63 bits per heavy atom. The van der Waals surface area contributed by atoms with E-state index in [2.05, 4.69) is 35.5 Å². The highest BCUT2D eigenvalue weighted by atomic mass is 16.5. The number of ether oxygens (including phenoxy) is 1. The molecule has 0 saturated heterocycles. The van der Waals surface area contributed by atoms with Gasteiger partial charge in [0.05, 0.1) is 6.61 Å². The number of aryl methyl sites for hydroxylation is 2. The monoisotopic (exact) mass is 403 g/mol. The van der Waals surface area contributed by atoms with E-state index >= 15 is 0 Å². The van der Waals surface area contributed by atoms with Crippen LogP contribution in [0.15, 0.2) is 58.3 Å². The van der Waals surface area contributed by atoms with E-state index < -0.39 is 6.17 Å². The molecule has 154 valence electrons. The number of aliphatic imine (C=N–C) groups is 1. The third-order valence-corrected chi connectivity index (χ3v) is 5.15. The zero-order chi connectivity index (χ0) is 21.3. The predicted octanol–water partition coefficient (Wildman–Crippen LogP) is 4.01. The topological polar surface area (TPSA) is 80.5 Å². The van der Waals surface area contributed by atoms with Crippen LogP contribution < -0.4 is 20.9 Å². The summed E-state index contributed by atoms with van der Waals surface area (Å²) >= 11 is 0. The van der Waals surface area contributed by atoms with Crippen molar-refractivity contribution in [2.24, 2.45) is 4.99 Å². The summed E-state index contributed by atoms with van der Waals surface area (Å²) in [6.45, 7) is 8.48. The molecule has 7 nitrogen and oxygen atoms in total. The van der Waals surface area contributed by atoms with Gasteiger partial charge in [-0.1, -0.05) is 24.3 Å². The van der Waals surface area contributed by atoms with Gasteiger partial charge in [-0.15, -0.1) is 0 Å². The van der Waals surface area contributed by atoms with Crippen LogP contribution in [0.3, 0.4) is 0 Å². The van der Waals surface area contributed by atoms with Crippen molar-refractivity contribution in [1.29, 1.82) is 0 Å². The first-order chi connectivity index (χ1) is 14.5. The summed E-state index contributed by atoms with van der Waals surface area (Å²) in [5.41, 5.74) is 4.64. The molecule has 0 aliphatic carbocycles. The van der Waals surface area contributed by atoms with Crippen LogP contribution in [0.4, 0.5) is 11.6 Å². The fourth-order valence-electron chi connectivity index (χ4n) is 3.45. The molecular weight excluding hydrogens is 378 g/mol. The van der Waals surface area contributed by atoms with Crippen LogP contribution in [0, 0.1) is 20.8 Å².